The number of benzene rings is 1. The number of aliphatic hydroxyl groups excluding tert-OH is 1. The molecular formula is C14H14N2O2. The molecule has 0 aliphatic heterocycles. The average molecular weight is 242 g/mol. The summed E-state index contributed by atoms with van der Waals surface area (Å²) >= 11 is 0. The van der Waals surface area contributed by atoms with Crippen LogP contribution in [0.3, 0.4) is 0 Å². The van der Waals surface area contributed by atoms with E-state index in [-0.39, 0.29) is 12.5 Å². The van der Waals surface area contributed by atoms with E-state index < -0.39 is 0 Å². The predicted molar refractivity (Wildman–Crippen MR) is 67.8 cm³/mol. The Balaban J connectivity index is 1.99. The molecule has 92 valence electrons. The van der Waals surface area contributed by atoms with E-state index in [1.165, 1.54) is 6.20 Å². The lowest BCUT2D eigenvalue weighted by atomic mass is 10.2. The standard InChI is InChI=1S/C14H14N2O2/c17-10-13-8-12(6-7-15-13)14(18)16-9-11-4-2-1-3-5-11/h1-8,17H,9-10H2,(H,16,18). The highest BCUT2D eigenvalue weighted by Gasteiger charge is 2.06. The minimum Gasteiger partial charge on any atom is -0.390 e. The van der Waals surface area contributed by atoms with Gasteiger partial charge in [-0.1, -0.05) is 30.3 Å². The van der Waals surface area contributed by atoms with E-state index in [4.69, 9.17) is 5.11 Å². The van der Waals surface area contributed by atoms with Crippen LogP contribution in [0, 0.1) is 0 Å². The van der Waals surface area contributed by atoms with Gasteiger partial charge in [-0.2, -0.15) is 0 Å². The van der Waals surface area contributed by atoms with Crippen LogP contribution in [0.15, 0.2) is 48.7 Å². The minimum atomic E-state index is -0.170. The van der Waals surface area contributed by atoms with Crippen LogP contribution in [-0.4, -0.2) is 16.0 Å². The van der Waals surface area contributed by atoms with Crippen molar-refractivity contribution in [3.63, 3.8) is 0 Å². The molecule has 2 N–H and O–H groups in total. The lowest BCUT2D eigenvalue weighted by molar-refractivity contribution is 0.0950. The molecule has 1 amide bonds. The Kier molecular flexibility index (Phi) is 4.04. The van der Waals surface area contributed by atoms with Gasteiger partial charge in [0.25, 0.3) is 5.91 Å². The molecule has 0 atom stereocenters. The number of pyridine rings is 1. The van der Waals surface area contributed by atoms with Crippen LogP contribution in [0.2, 0.25) is 0 Å². The SMILES string of the molecule is O=C(NCc1ccccc1)c1ccnc(CO)c1. The Bertz CT molecular complexity index is 526. The Morgan fingerprint density at radius 2 is 2.00 bits per heavy atom. The van der Waals surface area contributed by atoms with Crippen molar-refractivity contribution in [2.75, 3.05) is 0 Å². The van der Waals surface area contributed by atoms with Crippen molar-refractivity contribution in [2.45, 2.75) is 13.2 Å². The van der Waals surface area contributed by atoms with Crippen molar-refractivity contribution in [3.8, 4) is 0 Å². The van der Waals surface area contributed by atoms with Crippen molar-refractivity contribution in [2.24, 2.45) is 0 Å². The predicted octanol–water partition coefficient (Wildman–Crippen LogP) is 1.50. The zero-order valence-electron chi connectivity index (χ0n) is 9.84. The first kappa shape index (κ1) is 12.3. The second-order valence-electron chi connectivity index (χ2n) is 3.86. The van der Waals surface area contributed by atoms with E-state index in [0.29, 0.717) is 17.8 Å². The third kappa shape index (κ3) is 3.15. The Hall–Kier alpha value is -2.20. The molecule has 2 rings (SSSR count). The van der Waals surface area contributed by atoms with Crippen LogP contribution in [-0.2, 0) is 13.2 Å². The Morgan fingerprint density at radius 3 is 2.72 bits per heavy atom. The highest BCUT2D eigenvalue weighted by atomic mass is 16.3. The summed E-state index contributed by atoms with van der Waals surface area (Å²) in [4.78, 5) is 15.8. The molecular weight excluding hydrogens is 228 g/mol. The monoisotopic (exact) mass is 242 g/mol. The summed E-state index contributed by atoms with van der Waals surface area (Å²) in [6.45, 7) is 0.316. The van der Waals surface area contributed by atoms with Crippen LogP contribution < -0.4 is 5.32 Å². The Morgan fingerprint density at radius 1 is 1.22 bits per heavy atom. The lowest BCUT2D eigenvalue weighted by Crippen LogP contribution is -2.22. The van der Waals surface area contributed by atoms with Crippen molar-refractivity contribution >= 4 is 5.91 Å². The summed E-state index contributed by atoms with van der Waals surface area (Å²) in [6, 6.07) is 12.9. The van der Waals surface area contributed by atoms with Crippen LogP contribution in [0.1, 0.15) is 21.6 Å². The van der Waals surface area contributed by atoms with Gasteiger partial charge in [0, 0.05) is 18.3 Å². The van der Waals surface area contributed by atoms with E-state index in [1.807, 2.05) is 30.3 Å². The molecule has 0 aliphatic carbocycles. The van der Waals surface area contributed by atoms with Gasteiger partial charge >= 0.3 is 0 Å². The molecule has 1 heterocycles. The van der Waals surface area contributed by atoms with Crippen LogP contribution in [0.5, 0.6) is 0 Å². The second kappa shape index (κ2) is 5.93. The summed E-state index contributed by atoms with van der Waals surface area (Å²) in [5.74, 6) is -0.170. The molecule has 18 heavy (non-hydrogen) atoms. The third-order valence-electron chi connectivity index (χ3n) is 2.54. The fourth-order valence-electron chi connectivity index (χ4n) is 1.59. The maximum atomic E-state index is 11.9. The first-order valence-electron chi connectivity index (χ1n) is 5.67. The molecule has 0 bridgehead atoms. The van der Waals surface area contributed by atoms with Gasteiger partial charge < -0.3 is 10.4 Å². The molecule has 4 nitrogen and oxygen atoms in total. The topological polar surface area (TPSA) is 62.2 Å². The summed E-state index contributed by atoms with van der Waals surface area (Å²) in [6.07, 6.45) is 1.52. The van der Waals surface area contributed by atoms with Gasteiger partial charge in [-0.05, 0) is 17.7 Å². The molecule has 0 spiro atoms. The first-order valence-corrected chi connectivity index (χ1v) is 5.67. The number of rotatable bonds is 4. The van der Waals surface area contributed by atoms with E-state index in [9.17, 15) is 4.79 Å². The molecule has 0 fully saturated rings. The van der Waals surface area contributed by atoms with E-state index in [2.05, 4.69) is 10.3 Å². The number of hydrogen-bond donors (Lipinski definition) is 2. The van der Waals surface area contributed by atoms with Gasteiger partial charge in [0.2, 0.25) is 0 Å². The highest BCUT2D eigenvalue weighted by Crippen LogP contribution is 2.03. The normalized spacial score (nSPS) is 10.1. The molecule has 0 radical (unpaired) electrons. The number of hydrogen-bond acceptors (Lipinski definition) is 3. The largest absolute Gasteiger partial charge is 0.390 e. The number of carbonyl (C=O) groups excluding carboxylic acids is 1. The molecule has 0 saturated carbocycles. The zero-order valence-corrected chi connectivity index (χ0v) is 9.84. The molecule has 2 aromatic rings. The van der Waals surface area contributed by atoms with Crippen molar-refractivity contribution < 1.29 is 9.90 Å². The molecule has 0 aliphatic rings. The highest BCUT2D eigenvalue weighted by molar-refractivity contribution is 5.94. The molecule has 1 aromatic heterocycles. The maximum Gasteiger partial charge on any atom is 0.251 e. The zero-order chi connectivity index (χ0) is 12.8. The molecule has 0 saturated heterocycles. The third-order valence-corrected chi connectivity index (χ3v) is 2.54. The summed E-state index contributed by atoms with van der Waals surface area (Å²) in [5.41, 5.74) is 2.04. The minimum absolute atomic E-state index is 0.167. The Labute approximate surface area is 105 Å². The van der Waals surface area contributed by atoms with Crippen LogP contribution >= 0.6 is 0 Å². The number of nitrogens with one attached hydrogen (secondary N) is 1. The number of aromatic nitrogens is 1. The number of carbonyl (C=O) groups is 1. The summed E-state index contributed by atoms with van der Waals surface area (Å²) in [5, 5.41) is 11.8. The smallest absolute Gasteiger partial charge is 0.251 e. The average Bonchev–Trinajstić information content (AvgIpc) is 2.46. The van der Waals surface area contributed by atoms with Crippen molar-refractivity contribution in [1.82, 2.24) is 10.3 Å². The fourth-order valence-corrected chi connectivity index (χ4v) is 1.59. The van der Waals surface area contributed by atoms with Crippen LogP contribution in [0.4, 0.5) is 0 Å². The quantitative estimate of drug-likeness (QED) is 0.854. The summed E-state index contributed by atoms with van der Waals surface area (Å²) in [7, 11) is 0. The van der Waals surface area contributed by atoms with Crippen LogP contribution in [0.25, 0.3) is 0 Å². The van der Waals surface area contributed by atoms with Gasteiger partial charge in [0.15, 0.2) is 0 Å². The number of aliphatic hydroxyl groups is 1. The number of nitrogens with zero attached hydrogens (tertiary/aromatic N) is 1. The van der Waals surface area contributed by atoms with Gasteiger partial charge in [-0.3, -0.25) is 9.78 Å². The van der Waals surface area contributed by atoms with Gasteiger partial charge in [-0.25, -0.2) is 0 Å². The maximum absolute atomic E-state index is 11.9. The molecule has 0 unspecified atom stereocenters. The molecule has 4 heteroatoms. The lowest BCUT2D eigenvalue weighted by Gasteiger charge is -2.06. The van der Waals surface area contributed by atoms with Gasteiger partial charge in [-0.15, -0.1) is 0 Å². The van der Waals surface area contributed by atoms with Gasteiger partial charge in [0.1, 0.15) is 0 Å². The van der Waals surface area contributed by atoms with Crippen molar-refractivity contribution in [3.05, 3.63) is 65.5 Å². The summed E-state index contributed by atoms with van der Waals surface area (Å²) < 4.78 is 0. The van der Waals surface area contributed by atoms with E-state index in [1.54, 1.807) is 12.1 Å². The first-order chi connectivity index (χ1) is 8.79. The molecule has 1 aromatic carbocycles. The fraction of sp³-hybridized carbons (Fsp3) is 0.143. The van der Waals surface area contributed by atoms with E-state index in [0.717, 1.165) is 5.56 Å². The van der Waals surface area contributed by atoms with E-state index >= 15 is 0 Å². The van der Waals surface area contributed by atoms with Gasteiger partial charge in [0.05, 0.1) is 12.3 Å². The van der Waals surface area contributed by atoms with Crippen molar-refractivity contribution in [1.29, 1.82) is 0 Å². The second-order valence-corrected chi connectivity index (χ2v) is 3.86. The number of amides is 1.